The lowest BCUT2D eigenvalue weighted by Gasteiger charge is -2.18. The van der Waals surface area contributed by atoms with Crippen LogP contribution in [0.25, 0.3) is 22.5 Å². The highest BCUT2D eigenvalue weighted by Gasteiger charge is 2.30. The molecule has 1 aliphatic rings. The smallest absolute Gasteiger partial charge is 0.251 e. The van der Waals surface area contributed by atoms with E-state index in [0.29, 0.717) is 32.0 Å². The van der Waals surface area contributed by atoms with Crippen molar-refractivity contribution >= 4 is 37.5 Å². The summed E-state index contributed by atoms with van der Waals surface area (Å²) in [6, 6.07) is 13.1. The van der Waals surface area contributed by atoms with Gasteiger partial charge in [-0.25, -0.2) is 18.7 Å². The van der Waals surface area contributed by atoms with Gasteiger partial charge in [-0.15, -0.1) is 0 Å². The van der Waals surface area contributed by atoms with Crippen molar-refractivity contribution in [3.05, 3.63) is 83.1 Å². The number of thioether (sulfide) groups is 1. The molecule has 2 N–H and O–H groups in total. The first kappa shape index (κ1) is 32.5. The number of hydrogen-bond donors (Lipinski definition) is 2. The van der Waals surface area contributed by atoms with E-state index < -0.39 is 25.6 Å². The zero-order chi connectivity index (χ0) is 32.3. The van der Waals surface area contributed by atoms with Crippen LogP contribution in [0.5, 0.6) is 0 Å². The first-order valence-electron chi connectivity index (χ1n) is 14.8. The number of ether oxygens (including phenoxy) is 1. The second-order valence-electron chi connectivity index (χ2n) is 12.3. The average Bonchev–Trinajstić information content (AvgIpc) is 3.55. The Hall–Kier alpha value is -3.87. The van der Waals surface area contributed by atoms with E-state index in [1.54, 1.807) is 6.20 Å². The standard InChI is InChI=1S/C33H37F2N5O3SSi/c1-20(41)37-29-17-21(11-12-36-29)31-30(39-33(44-2)40(31)19-43-13-14-45(3,4)5)27-8-6-7-26-25(27)9-10-28(26)38-32(42)22-15-23(34)18-24(35)16-22/h6-8,11-12,15-18,28H,9-10,13-14,19H2,1-5H3,(H,38,42)(H,36,37,41). The Labute approximate surface area is 267 Å². The number of imidazole rings is 1. The molecule has 0 aliphatic heterocycles. The van der Waals surface area contributed by atoms with Gasteiger partial charge in [0, 0.05) is 50.6 Å². The Bertz CT molecular complexity index is 1720. The summed E-state index contributed by atoms with van der Waals surface area (Å²) in [5.41, 5.74) is 5.24. The van der Waals surface area contributed by atoms with Gasteiger partial charge >= 0.3 is 0 Å². The zero-order valence-electron chi connectivity index (χ0n) is 26.0. The van der Waals surface area contributed by atoms with E-state index in [-0.39, 0.29) is 17.5 Å². The maximum Gasteiger partial charge on any atom is 0.251 e. The molecule has 4 aromatic rings. The Morgan fingerprint density at radius 2 is 1.87 bits per heavy atom. The third-order valence-corrected chi connectivity index (χ3v) is 10.0. The highest BCUT2D eigenvalue weighted by atomic mass is 32.2. The molecule has 0 bridgehead atoms. The Morgan fingerprint density at radius 3 is 2.56 bits per heavy atom. The van der Waals surface area contributed by atoms with Gasteiger partial charge in [0.25, 0.3) is 5.91 Å². The highest BCUT2D eigenvalue weighted by molar-refractivity contribution is 7.98. The minimum atomic E-state index is -1.29. The van der Waals surface area contributed by atoms with E-state index in [2.05, 4.69) is 39.8 Å². The number of carbonyl (C=O) groups excluding carboxylic acids is 2. The number of hydrogen-bond acceptors (Lipinski definition) is 6. The number of pyridine rings is 1. The van der Waals surface area contributed by atoms with Crippen molar-refractivity contribution in [1.82, 2.24) is 19.9 Å². The van der Waals surface area contributed by atoms with Gasteiger partial charge in [-0.3, -0.25) is 14.2 Å². The normalized spacial score (nSPS) is 14.3. The largest absolute Gasteiger partial charge is 0.361 e. The lowest BCUT2D eigenvalue weighted by atomic mass is 9.97. The molecule has 2 heterocycles. The van der Waals surface area contributed by atoms with Crippen LogP contribution in [-0.2, 0) is 22.7 Å². The second kappa shape index (κ2) is 13.6. The predicted octanol–water partition coefficient (Wildman–Crippen LogP) is 7.30. The fraction of sp³-hybridized carbons (Fsp3) is 0.333. The molecule has 0 saturated heterocycles. The SMILES string of the molecule is CSc1nc(-c2cccc3c2CCC3NC(=O)c2cc(F)cc(F)c2)c(-c2ccnc(NC(C)=O)c2)n1COCC[Si](C)(C)C. The monoisotopic (exact) mass is 649 g/mol. The number of aromatic nitrogens is 3. The fourth-order valence-corrected chi connectivity index (χ4v) is 6.81. The van der Waals surface area contributed by atoms with Gasteiger partial charge in [0.15, 0.2) is 5.16 Å². The summed E-state index contributed by atoms with van der Waals surface area (Å²) in [6.45, 7) is 9.32. The van der Waals surface area contributed by atoms with Crippen molar-refractivity contribution in [1.29, 1.82) is 0 Å². The topological polar surface area (TPSA) is 98.1 Å². The summed E-state index contributed by atoms with van der Waals surface area (Å²) in [6.07, 6.45) is 4.93. The summed E-state index contributed by atoms with van der Waals surface area (Å²) < 4.78 is 35.9. The van der Waals surface area contributed by atoms with Gasteiger partial charge in [-0.1, -0.05) is 49.6 Å². The molecule has 0 radical (unpaired) electrons. The zero-order valence-corrected chi connectivity index (χ0v) is 27.9. The van der Waals surface area contributed by atoms with Crippen LogP contribution in [0.15, 0.2) is 59.9 Å². The van der Waals surface area contributed by atoms with Crippen molar-refractivity contribution in [2.24, 2.45) is 0 Å². The van der Waals surface area contributed by atoms with Gasteiger partial charge in [0.2, 0.25) is 5.91 Å². The molecule has 8 nitrogen and oxygen atoms in total. The van der Waals surface area contributed by atoms with E-state index in [9.17, 15) is 18.4 Å². The van der Waals surface area contributed by atoms with Crippen LogP contribution in [-0.4, -0.2) is 47.3 Å². The number of anilines is 1. The van der Waals surface area contributed by atoms with E-state index in [4.69, 9.17) is 9.72 Å². The summed E-state index contributed by atoms with van der Waals surface area (Å²) in [5.74, 6) is -1.93. The first-order valence-corrected chi connectivity index (χ1v) is 19.7. The third-order valence-electron chi connectivity index (χ3n) is 7.63. The predicted molar refractivity (Wildman–Crippen MR) is 176 cm³/mol. The molecule has 1 aliphatic carbocycles. The van der Waals surface area contributed by atoms with E-state index in [0.717, 1.165) is 63.0 Å². The molecule has 5 rings (SSSR count). The molecule has 236 valence electrons. The minimum Gasteiger partial charge on any atom is -0.361 e. The molecule has 1 unspecified atom stereocenters. The summed E-state index contributed by atoms with van der Waals surface area (Å²) in [4.78, 5) is 34.2. The molecule has 2 amide bonds. The van der Waals surface area contributed by atoms with Crippen molar-refractivity contribution < 1.29 is 23.1 Å². The summed E-state index contributed by atoms with van der Waals surface area (Å²) >= 11 is 1.52. The molecule has 1 atom stereocenters. The van der Waals surface area contributed by atoms with E-state index in [1.165, 1.54) is 18.7 Å². The lowest BCUT2D eigenvalue weighted by molar-refractivity contribution is -0.114. The molecule has 12 heteroatoms. The maximum absolute atomic E-state index is 13.8. The second-order valence-corrected chi connectivity index (χ2v) is 18.7. The van der Waals surface area contributed by atoms with Crippen LogP contribution >= 0.6 is 11.8 Å². The number of benzene rings is 2. The van der Waals surface area contributed by atoms with Crippen molar-refractivity contribution in [2.75, 3.05) is 18.2 Å². The molecule has 0 saturated carbocycles. The van der Waals surface area contributed by atoms with Gasteiger partial charge in [-0.05, 0) is 60.5 Å². The number of fused-ring (bicyclic) bond motifs is 1. The number of halogens is 2. The first-order chi connectivity index (χ1) is 21.4. The molecule has 2 aromatic heterocycles. The number of rotatable bonds is 11. The van der Waals surface area contributed by atoms with Crippen molar-refractivity contribution in [2.45, 2.75) is 63.4 Å². The third kappa shape index (κ3) is 7.68. The van der Waals surface area contributed by atoms with Crippen LogP contribution < -0.4 is 10.6 Å². The summed E-state index contributed by atoms with van der Waals surface area (Å²) in [5, 5.41) is 6.51. The Morgan fingerprint density at radius 1 is 1.11 bits per heavy atom. The van der Waals surface area contributed by atoms with Gasteiger partial charge in [0.05, 0.1) is 17.4 Å². The van der Waals surface area contributed by atoms with E-state index in [1.807, 2.05) is 36.6 Å². The molecular weight excluding hydrogens is 613 g/mol. The van der Waals surface area contributed by atoms with Crippen LogP contribution in [0.4, 0.5) is 14.6 Å². The molecular formula is C33H37F2N5O3SSi. The van der Waals surface area contributed by atoms with Gasteiger partial charge in [-0.2, -0.15) is 0 Å². The molecule has 2 aromatic carbocycles. The lowest BCUT2D eigenvalue weighted by Crippen LogP contribution is -2.27. The van der Waals surface area contributed by atoms with E-state index >= 15 is 0 Å². The van der Waals surface area contributed by atoms with Gasteiger partial charge in [0.1, 0.15) is 24.2 Å². The summed E-state index contributed by atoms with van der Waals surface area (Å²) in [7, 11) is -1.29. The van der Waals surface area contributed by atoms with Crippen LogP contribution in [0, 0.1) is 11.6 Å². The Balaban J connectivity index is 1.55. The fourth-order valence-electron chi connectivity index (χ4n) is 5.50. The van der Waals surface area contributed by atoms with Crippen molar-refractivity contribution in [3.63, 3.8) is 0 Å². The number of nitrogens with one attached hydrogen (secondary N) is 2. The Kier molecular flexibility index (Phi) is 9.85. The van der Waals surface area contributed by atoms with Crippen LogP contribution in [0.3, 0.4) is 0 Å². The van der Waals surface area contributed by atoms with Crippen LogP contribution in [0.1, 0.15) is 40.9 Å². The number of carbonyl (C=O) groups is 2. The van der Waals surface area contributed by atoms with Crippen molar-refractivity contribution in [3.8, 4) is 22.5 Å². The minimum absolute atomic E-state index is 0.0652. The number of amides is 2. The quantitative estimate of drug-likeness (QED) is 0.101. The maximum atomic E-state index is 13.8. The highest BCUT2D eigenvalue weighted by Crippen LogP contribution is 2.42. The average molecular weight is 650 g/mol. The molecule has 0 fully saturated rings. The van der Waals surface area contributed by atoms with Gasteiger partial charge < -0.3 is 15.4 Å². The van der Waals surface area contributed by atoms with Crippen LogP contribution in [0.2, 0.25) is 25.7 Å². The molecule has 0 spiro atoms. The molecule has 45 heavy (non-hydrogen) atoms. The number of nitrogens with zero attached hydrogens (tertiary/aromatic N) is 3.